The highest BCUT2D eigenvalue weighted by Crippen LogP contribution is 2.27. The smallest absolute Gasteiger partial charge is 0.145 e. The summed E-state index contributed by atoms with van der Waals surface area (Å²) in [6.45, 7) is 0.865. The molecule has 1 saturated carbocycles. The number of rotatable bonds is 3. The van der Waals surface area contributed by atoms with E-state index in [1.165, 1.54) is 0 Å². The molecule has 3 rings (SSSR count). The molecule has 0 atom stereocenters. The van der Waals surface area contributed by atoms with Crippen LogP contribution in [0.15, 0.2) is 30.5 Å². The van der Waals surface area contributed by atoms with Crippen LogP contribution in [-0.4, -0.2) is 27.7 Å². The van der Waals surface area contributed by atoms with Gasteiger partial charge in [-0.05, 0) is 30.9 Å². The van der Waals surface area contributed by atoms with Crippen LogP contribution < -0.4 is 5.32 Å². The molecule has 0 aliphatic heterocycles. The molecule has 4 heteroatoms. The molecule has 1 aromatic carbocycles. The van der Waals surface area contributed by atoms with Gasteiger partial charge in [-0.1, -0.05) is 12.1 Å². The number of benzene rings is 1. The molecule has 88 valence electrons. The Morgan fingerprint density at radius 1 is 1.24 bits per heavy atom. The molecule has 0 bridgehead atoms. The molecular weight excluding hydrogens is 214 g/mol. The fraction of sp³-hybridized carbons (Fsp3) is 0.385. The van der Waals surface area contributed by atoms with Crippen LogP contribution in [0.1, 0.15) is 12.8 Å². The summed E-state index contributed by atoms with van der Waals surface area (Å²) in [5.41, 5.74) is 1.82. The number of hydrogen-bond donors (Lipinski definition) is 2. The summed E-state index contributed by atoms with van der Waals surface area (Å²) in [6.07, 6.45) is 3.46. The Morgan fingerprint density at radius 2 is 2.00 bits per heavy atom. The van der Waals surface area contributed by atoms with E-state index in [0.29, 0.717) is 5.92 Å². The minimum atomic E-state index is -0.0931. The first kappa shape index (κ1) is 10.5. The lowest BCUT2D eigenvalue weighted by Crippen LogP contribution is -2.33. The van der Waals surface area contributed by atoms with Gasteiger partial charge < -0.3 is 10.4 Å². The van der Waals surface area contributed by atoms with E-state index in [-0.39, 0.29) is 6.10 Å². The Morgan fingerprint density at radius 3 is 2.76 bits per heavy atom. The molecule has 0 unspecified atom stereocenters. The van der Waals surface area contributed by atoms with Gasteiger partial charge in [0.2, 0.25) is 0 Å². The quantitative estimate of drug-likeness (QED) is 0.842. The first-order chi connectivity index (χ1) is 8.31. The Hall–Kier alpha value is -1.68. The third-order valence-corrected chi connectivity index (χ3v) is 3.23. The van der Waals surface area contributed by atoms with Crippen molar-refractivity contribution in [1.82, 2.24) is 9.97 Å². The maximum absolute atomic E-state index is 9.20. The zero-order valence-electron chi connectivity index (χ0n) is 9.50. The van der Waals surface area contributed by atoms with E-state index in [1.54, 1.807) is 6.20 Å². The Kier molecular flexibility index (Phi) is 2.65. The van der Waals surface area contributed by atoms with Gasteiger partial charge in [0.1, 0.15) is 5.82 Å². The van der Waals surface area contributed by atoms with E-state index in [0.717, 1.165) is 36.2 Å². The number of aliphatic hydroxyl groups excluding tert-OH is 1. The second-order valence-electron chi connectivity index (χ2n) is 4.62. The van der Waals surface area contributed by atoms with Crippen LogP contribution in [0, 0.1) is 5.92 Å². The monoisotopic (exact) mass is 229 g/mol. The fourth-order valence-corrected chi connectivity index (χ4v) is 2.16. The van der Waals surface area contributed by atoms with E-state index < -0.39 is 0 Å². The number of para-hydroxylation sites is 2. The highest BCUT2D eigenvalue weighted by atomic mass is 16.3. The summed E-state index contributed by atoms with van der Waals surface area (Å²) in [5.74, 6) is 1.38. The molecule has 2 N–H and O–H groups in total. The van der Waals surface area contributed by atoms with Crippen LogP contribution in [0.4, 0.5) is 5.82 Å². The molecule has 1 aliphatic rings. The van der Waals surface area contributed by atoms with E-state index in [9.17, 15) is 5.11 Å². The van der Waals surface area contributed by atoms with Crippen LogP contribution in [0.3, 0.4) is 0 Å². The van der Waals surface area contributed by atoms with Gasteiger partial charge in [-0.25, -0.2) is 4.98 Å². The average molecular weight is 229 g/mol. The number of nitrogens with one attached hydrogen (secondary N) is 1. The van der Waals surface area contributed by atoms with Crippen LogP contribution >= 0.6 is 0 Å². The SMILES string of the molecule is OC1CC(CNc2cnc3ccccc3n2)C1. The molecule has 2 aromatic rings. The predicted octanol–water partition coefficient (Wildman–Crippen LogP) is 1.81. The van der Waals surface area contributed by atoms with Gasteiger partial charge in [-0.3, -0.25) is 4.98 Å². The second-order valence-corrected chi connectivity index (χ2v) is 4.62. The molecule has 17 heavy (non-hydrogen) atoms. The van der Waals surface area contributed by atoms with Crippen molar-refractivity contribution in [2.45, 2.75) is 18.9 Å². The normalized spacial score (nSPS) is 23.4. The van der Waals surface area contributed by atoms with Gasteiger partial charge in [-0.15, -0.1) is 0 Å². The number of aromatic nitrogens is 2. The van der Waals surface area contributed by atoms with Gasteiger partial charge in [0.05, 0.1) is 23.3 Å². The summed E-state index contributed by atoms with van der Waals surface area (Å²) in [7, 11) is 0. The lowest BCUT2D eigenvalue weighted by atomic mass is 9.82. The standard InChI is InChI=1S/C13H15N3O/c17-10-5-9(6-10)7-15-13-8-14-11-3-1-2-4-12(11)16-13/h1-4,8-10,17H,5-7H2,(H,15,16). The minimum Gasteiger partial charge on any atom is -0.393 e. The zero-order chi connectivity index (χ0) is 11.7. The van der Waals surface area contributed by atoms with E-state index >= 15 is 0 Å². The van der Waals surface area contributed by atoms with E-state index in [1.807, 2.05) is 24.3 Å². The van der Waals surface area contributed by atoms with Gasteiger partial charge in [0.25, 0.3) is 0 Å². The number of anilines is 1. The minimum absolute atomic E-state index is 0.0931. The van der Waals surface area contributed by atoms with Crippen molar-refractivity contribution in [2.75, 3.05) is 11.9 Å². The van der Waals surface area contributed by atoms with Crippen molar-refractivity contribution in [1.29, 1.82) is 0 Å². The van der Waals surface area contributed by atoms with Gasteiger partial charge in [0, 0.05) is 6.54 Å². The zero-order valence-corrected chi connectivity index (χ0v) is 9.50. The molecule has 0 radical (unpaired) electrons. The van der Waals surface area contributed by atoms with E-state index in [2.05, 4.69) is 15.3 Å². The Balaban J connectivity index is 1.68. The highest BCUT2D eigenvalue weighted by molar-refractivity contribution is 5.75. The van der Waals surface area contributed by atoms with Crippen molar-refractivity contribution >= 4 is 16.9 Å². The highest BCUT2D eigenvalue weighted by Gasteiger charge is 2.26. The Bertz CT molecular complexity index is 523. The first-order valence-corrected chi connectivity index (χ1v) is 5.95. The van der Waals surface area contributed by atoms with Crippen LogP contribution in [0.2, 0.25) is 0 Å². The van der Waals surface area contributed by atoms with E-state index in [4.69, 9.17) is 0 Å². The molecule has 1 heterocycles. The van der Waals surface area contributed by atoms with Crippen LogP contribution in [-0.2, 0) is 0 Å². The van der Waals surface area contributed by atoms with Crippen molar-refractivity contribution in [3.63, 3.8) is 0 Å². The summed E-state index contributed by atoms with van der Waals surface area (Å²) < 4.78 is 0. The molecule has 1 aromatic heterocycles. The summed E-state index contributed by atoms with van der Waals surface area (Å²) in [4.78, 5) is 8.83. The lowest BCUT2D eigenvalue weighted by Gasteiger charge is -2.31. The largest absolute Gasteiger partial charge is 0.393 e. The summed E-state index contributed by atoms with van der Waals surface area (Å²) >= 11 is 0. The molecule has 1 fully saturated rings. The lowest BCUT2D eigenvalue weighted by molar-refractivity contribution is 0.0486. The Labute approximate surface area is 99.7 Å². The maximum atomic E-state index is 9.20. The number of nitrogens with zero attached hydrogens (tertiary/aromatic N) is 2. The van der Waals surface area contributed by atoms with Crippen molar-refractivity contribution < 1.29 is 5.11 Å². The van der Waals surface area contributed by atoms with Crippen molar-refractivity contribution in [3.05, 3.63) is 30.5 Å². The molecule has 0 amide bonds. The third-order valence-electron chi connectivity index (χ3n) is 3.23. The topological polar surface area (TPSA) is 58.0 Å². The second kappa shape index (κ2) is 4.30. The maximum Gasteiger partial charge on any atom is 0.145 e. The predicted molar refractivity (Wildman–Crippen MR) is 66.8 cm³/mol. The van der Waals surface area contributed by atoms with Crippen LogP contribution in [0.25, 0.3) is 11.0 Å². The summed E-state index contributed by atoms with van der Waals surface area (Å²) in [6, 6.07) is 7.83. The van der Waals surface area contributed by atoms with Crippen molar-refractivity contribution in [3.8, 4) is 0 Å². The molecule has 4 nitrogen and oxygen atoms in total. The fourth-order valence-electron chi connectivity index (χ4n) is 2.16. The van der Waals surface area contributed by atoms with Gasteiger partial charge in [0.15, 0.2) is 0 Å². The molecule has 0 spiro atoms. The van der Waals surface area contributed by atoms with Gasteiger partial charge in [-0.2, -0.15) is 0 Å². The summed E-state index contributed by atoms with van der Waals surface area (Å²) in [5, 5.41) is 12.5. The average Bonchev–Trinajstić information content (AvgIpc) is 2.33. The number of hydrogen-bond acceptors (Lipinski definition) is 4. The first-order valence-electron chi connectivity index (χ1n) is 5.95. The molecule has 1 aliphatic carbocycles. The van der Waals surface area contributed by atoms with Gasteiger partial charge >= 0.3 is 0 Å². The third kappa shape index (κ3) is 2.22. The number of fused-ring (bicyclic) bond motifs is 1. The molecular formula is C13H15N3O. The molecule has 0 saturated heterocycles. The van der Waals surface area contributed by atoms with Crippen LogP contribution in [0.5, 0.6) is 0 Å². The van der Waals surface area contributed by atoms with Crippen molar-refractivity contribution in [2.24, 2.45) is 5.92 Å². The number of aliphatic hydroxyl groups is 1.